The highest BCUT2D eigenvalue weighted by Crippen LogP contribution is 2.34. The van der Waals surface area contributed by atoms with Gasteiger partial charge in [0.25, 0.3) is 0 Å². The summed E-state index contributed by atoms with van der Waals surface area (Å²) in [5.74, 6) is 0.635. The number of rotatable bonds is 10. The number of carbonyl (C=O) groups is 2. The maximum Gasteiger partial charge on any atom is 0.242 e. The number of hydrogen-bond acceptors (Lipinski definition) is 5. The van der Waals surface area contributed by atoms with Crippen molar-refractivity contribution in [2.45, 2.75) is 39.7 Å². The fraction of sp³-hybridized carbons (Fsp3) is 0.520. The normalized spacial score (nSPS) is 15.5. The van der Waals surface area contributed by atoms with Gasteiger partial charge in [-0.3, -0.25) is 9.59 Å². The van der Waals surface area contributed by atoms with Gasteiger partial charge in [-0.05, 0) is 48.4 Å². The van der Waals surface area contributed by atoms with Gasteiger partial charge in [0.15, 0.2) is 0 Å². The van der Waals surface area contributed by atoms with E-state index in [0.29, 0.717) is 32.7 Å². The number of amides is 2. The van der Waals surface area contributed by atoms with Gasteiger partial charge in [-0.2, -0.15) is 0 Å². The van der Waals surface area contributed by atoms with Crippen molar-refractivity contribution in [3.63, 3.8) is 0 Å². The van der Waals surface area contributed by atoms with Crippen molar-refractivity contribution < 1.29 is 19.1 Å². The molecule has 0 N–H and O–H groups in total. The lowest BCUT2D eigenvalue weighted by atomic mass is 10.00. The summed E-state index contributed by atoms with van der Waals surface area (Å²) in [7, 11) is 1.64. The minimum Gasteiger partial charge on any atom is -0.491 e. The topological polar surface area (TPSA) is 59.1 Å². The molecule has 1 aromatic carbocycles. The highest BCUT2D eigenvalue weighted by atomic mass is 32.1. The predicted molar refractivity (Wildman–Crippen MR) is 127 cm³/mol. The Bertz CT molecular complexity index is 911. The van der Waals surface area contributed by atoms with Gasteiger partial charge >= 0.3 is 0 Å². The van der Waals surface area contributed by atoms with E-state index < -0.39 is 0 Å². The van der Waals surface area contributed by atoms with Crippen LogP contribution in [-0.2, 0) is 20.7 Å². The summed E-state index contributed by atoms with van der Waals surface area (Å²) < 4.78 is 11.3. The third-order valence-corrected chi connectivity index (χ3v) is 6.81. The minimum atomic E-state index is -0.160. The van der Waals surface area contributed by atoms with Crippen LogP contribution in [0.1, 0.15) is 42.3 Å². The molecule has 32 heavy (non-hydrogen) atoms. The minimum absolute atomic E-state index is 0.00426. The number of hydrogen-bond donors (Lipinski definition) is 0. The number of fused-ring (bicyclic) bond motifs is 1. The largest absolute Gasteiger partial charge is 0.491 e. The van der Waals surface area contributed by atoms with E-state index in [-0.39, 0.29) is 30.3 Å². The zero-order chi connectivity index (χ0) is 23.1. The molecule has 7 heteroatoms. The molecule has 0 fully saturated rings. The second-order valence-corrected chi connectivity index (χ2v) is 9.49. The van der Waals surface area contributed by atoms with Crippen LogP contribution < -0.4 is 4.74 Å². The lowest BCUT2D eigenvalue weighted by Gasteiger charge is -2.37. The third-order valence-electron chi connectivity index (χ3n) is 5.81. The summed E-state index contributed by atoms with van der Waals surface area (Å²) in [6.45, 7) is 7.94. The Labute approximate surface area is 195 Å². The first-order valence-corrected chi connectivity index (χ1v) is 12.1. The van der Waals surface area contributed by atoms with Crippen LogP contribution in [0.15, 0.2) is 35.7 Å². The highest BCUT2D eigenvalue weighted by Gasteiger charge is 2.33. The van der Waals surface area contributed by atoms with Crippen molar-refractivity contribution in [3.05, 3.63) is 51.7 Å². The second kappa shape index (κ2) is 11.5. The molecular formula is C25H34N2O4S. The fourth-order valence-electron chi connectivity index (χ4n) is 4.05. The number of benzene rings is 1. The van der Waals surface area contributed by atoms with E-state index in [1.54, 1.807) is 23.3 Å². The Morgan fingerprint density at radius 3 is 2.75 bits per heavy atom. The summed E-state index contributed by atoms with van der Waals surface area (Å²) >= 11 is 1.73. The van der Waals surface area contributed by atoms with E-state index in [1.807, 2.05) is 49.9 Å². The quantitative estimate of drug-likeness (QED) is 0.504. The van der Waals surface area contributed by atoms with Gasteiger partial charge in [-0.25, -0.2) is 0 Å². The number of aryl methyl sites for hydroxylation is 1. The monoisotopic (exact) mass is 458 g/mol. The maximum atomic E-state index is 13.4. The number of para-hydroxylation sites is 1. The Balaban J connectivity index is 1.76. The summed E-state index contributed by atoms with van der Waals surface area (Å²) in [4.78, 5) is 31.0. The molecule has 2 heterocycles. The number of methoxy groups -OCH3 is 1. The van der Waals surface area contributed by atoms with E-state index in [4.69, 9.17) is 9.47 Å². The van der Waals surface area contributed by atoms with E-state index in [1.165, 1.54) is 4.88 Å². The Morgan fingerprint density at radius 1 is 1.25 bits per heavy atom. The number of nitrogens with zero attached hydrogens (tertiary/aromatic N) is 2. The molecule has 2 amide bonds. The molecule has 1 aliphatic heterocycles. The summed E-state index contributed by atoms with van der Waals surface area (Å²) in [6, 6.07) is 9.85. The van der Waals surface area contributed by atoms with Crippen molar-refractivity contribution >= 4 is 23.2 Å². The average molecular weight is 459 g/mol. The van der Waals surface area contributed by atoms with Crippen LogP contribution in [0.4, 0.5) is 0 Å². The molecule has 3 rings (SSSR count). The Hall–Kier alpha value is -2.38. The average Bonchev–Trinajstić information content (AvgIpc) is 3.26. The SMILES string of the molecule is COCCCN(CC(=O)N1CCc2sccc2[C@H]1COc1ccccc1C)C(=O)C(C)C. The van der Waals surface area contributed by atoms with Gasteiger partial charge in [0.05, 0.1) is 12.6 Å². The van der Waals surface area contributed by atoms with Crippen LogP contribution in [0.3, 0.4) is 0 Å². The first-order valence-electron chi connectivity index (χ1n) is 11.2. The molecule has 2 aromatic rings. The number of ether oxygens (including phenoxy) is 2. The second-order valence-electron chi connectivity index (χ2n) is 8.49. The van der Waals surface area contributed by atoms with Crippen LogP contribution in [0, 0.1) is 12.8 Å². The van der Waals surface area contributed by atoms with Crippen molar-refractivity contribution in [1.29, 1.82) is 0 Å². The predicted octanol–water partition coefficient (Wildman–Crippen LogP) is 4.08. The summed E-state index contributed by atoms with van der Waals surface area (Å²) in [5.41, 5.74) is 2.22. The van der Waals surface area contributed by atoms with E-state index >= 15 is 0 Å². The number of carbonyl (C=O) groups excluding carboxylic acids is 2. The summed E-state index contributed by atoms with van der Waals surface area (Å²) in [6.07, 6.45) is 1.54. The van der Waals surface area contributed by atoms with Gasteiger partial charge < -0.3 is 19.3 Å². The first kappa shape index (κ1) is 24.3. The fourth-order valence-corrected chi connectivity index (χ4v) is 4.98. The molecule has 1 aliphatic rings. The first-order chi connectivity index (χ1) is 15.4. The van der Waals surface area contributed by atoms with Gasteiger partial charge in [0.1, 0.15) is 12.4 Å². The standard InChI is InChI=1S/C25H34N2O4S/c1-18(2)25(29)26(12-7-14-30-4)16-24(28)27-13-10-23-20(11-15-32-23)21(27)17-31-22-9-6-5-8-19(22)3/h5-6,8-9,11,15,18,21H,7,10,12-14,16-17H2,1-4H3/t21-/m1/s1. The van der Waals surface area contributed by atoms with Gasteiger partial charge in [0.2, 0.25) is 11.8 Å². The molecule has 0 bridgehead atoms. The zero-order valence-corrected chi connectivity index (χ0v) is 20.3. The van der Waals surface area contributed by atoms with Gasteiger partial charge in [0, 0.05) is 37.6 Å². The number of thiophene rings is 1. The molecule has 0 spiro atoms. The van der Waals surface area contributed by atoms with Crippen molar-refractivity contribution in [2.75, 3.05) is 40.0 Å². The van der Waals surface area contributed by atoms with Gasteiger partial charge in [-0.15, -0.1) is 11.3 Å². The van der Waals surface area contributed by atoms with Crippen LogP contribution in [-0.4, -0.2) is 61.6 Å². The van der Waals surface area contributed by atoms with Crippen molar-refractivity contribution in [2.24, 2.45) is 5.92 Å². The Morgan fingerprint density at radius 2 is 2.03 bits per heavy atom. The lowest BCUT2D eigenvalue weighted by molar-refractivity contribution is -0.144. The summed E-state index contributed by atoms with van der Waals surface area (Å²) in [5, 5.41) is 2.08. The van der Waals surface area contributed by atoms with E-state index in [2.05, 4.69) is 11.4 Å². The van der Waals surface area contributed by atoms with Crippen LogP contribution in [0.2, 0.25) is 0 Å². The zero-order valence-electron chi connectivity index (χ0n) is 19.5. The molecule has 0 aliphatic carbocycles. The molecule has 1 atom stereocenters. The third kappa shape index (κ3) is 5.90. The molecule has 0 radical (unpaired) electrons. The van der Waals surface area contributed by atoms with Crippen LogP contribution >= 0.6 is 11.3 Å². The molecule has 0 unspecified atom stereocenters. The Kier molecular flexibility index (Phi) is 8.70. The smallest absolute Gasteiger partial charge is 0.242 e. The maximum absolute atomic E-state index is 13.4. The molecule has 1 aromatic heterocycles. The van der Waals surface area contributed by atoms with Crippen molar-refractivity contribution in [3.8, 4) is 5.75 Å². The molecule has 0 saturated heterocycles. The van der Waals surface area contributed by atoms with Crippen molar-refractivity contribution in [1.82, 2.24) is 9.80 Å². The van der Waals surface area contributed by atoms with Crippen LogP contribution in [0.25, 0.3) is 0 Å². The molecule has 0 saturated carbocycles. The van der Waals surface area contributed by atoms with E-state index in [9.17, 15) is 9.59 Å². The molecule has 174 valence electrons. The molecular weight excluding hydrogens is 424 g/mol. The molecule has 6 nitrogen and oxygen atoms in total. The lowest BCUT2D eigenvalue weighted by Crippen LogP contribution is -2.48. The van der Waals surface area contributed by atoms with Gasteiger partial charge in [-0.1, -0.05) is 32.0 Å². The highest BCUT2D eigenvalue weighted by molar-refractivity contribution is 7.10. The van der Waals surface area contributed by atoms with E-state index in [0.717, 1.165) is 23.3 Å². The van der Waals surface area contributed by atoms with Crippen LogP contribution in [0.5, 0.6) is 5.75 Å².